The summed E-state index contributed by atoms with van der Waals surface area (Å²) in [5.74, 6) is 0.0775. The monoisotopic (exact) mass is 337 g/mol. The predicted molar refractivity (Wildman–Crippen MR) is 89.1 cm³/mol. The van der Waals surface area contributed by atoms with Crippen molar-refractivity contribution in [3.63, 3.8) is 0 Å². The van der Waals surface area contributed by atoms with Crippen LogP contribution in [0.2, 0.25) is 0 Å². The summed E-state index contributed by atoms with van der Waals surface area (Å²) in [6.45, 7) is 1.48. The van der Waals surface area contributed by atoms with E-state index in [-0.39, 0.29) is 24.4 Å². The van der Waals surface area contributed by atoms with Crippen LogP contribution in [-0.4, -0.2) is 49.0 Å². The van der Waals surface area contributed by atoms with E-state index in [9.17, 15) is 5.11 Å². The molecule has 0 bridgehead atoms. The van der Waals surface area contributed by atoms with Crippen LogP contribution in [0.5, 0.6) is 11.5 Å². The molecular weight excluding hydrogens is 310 g/mol. The van der Waals surface area contributed by atoms with Gasteiger partial charge in [0, 0.05) is 31.5 Å². The van der Waals surface area contributed by atoms with Gasteiger partial charge in [-0.05, 0) is 37.0 Å². The Morgan fingerprint density at radius 3 is 2.71 bits per heavy atom. The van der Waals surface area contributed by atoms with Crippen molar-refractivity contribution in [3.8, 4) is 11.5 Å². The highest BCUT2D eigenvalue weighted by atomic mass is 16.7. The number of unbranched alkanes of at least 4 members (excludes halogenated alkanes) is 1. The molecule has 3 N–H and O–H groups in total. The number of aliphatic hydroxyl groups excluding tert-OH is 1. The smallest absolute Gasteiger partial charge is 0.171 e. The van der Waals surface area contributed by atoms with Gasteiger partial charge in [0.25, 0.3) is 0 Å². The first-order chi connectivity index (χ1) is 11.7. The van der Waals surface area contributed by atoms with Crippen molar-refractivity contribution in [2.45, 2.75) is 50.0 Å². The summed E-state index contributed by atoms with van der Waals surface area (Å²) in [4.78, 5) is 0. The molecule has 0 radical (unpaired) electrons. The molecule has 2 heterocycles. The van der Waals surface area contributed by atoms with E-state index in [2.05, 4.69) is 5.32 Å². The number of ether oxygens (including phenoxy) is 3. The third-order valence-electron chi connectivity index (χ3n) is 4.89. The van der Waals surface area contributed by atoms with Crippen molar-refractivity contribution in [2.24, 2.45) is 0 Å². The molecule has 134 valence electrons. The molecule has 0 amide bonds. The number of phenols is 1. The normalized spacial score (nSPS) is 25.9. The van der Waals surface area contributed by atoms with Crippen LogP contribution in [0, 0.1) is 0 Å². The molecule has 1 aromatic rings. The lowest BCUT2D eigenvalue weighted by molar-refractivity contribution is -0.188. The van der Waals surface area contributed by atoms with Crippen LogP contribution in [0.3, 0.4) is 0 Å². The zero-order valence-corrected chi connectivity index (χ0v) is 14.2. The van der Waals surface area contributed by atoms with E-state index in [1.54, 1.807) is 19.2 Å². The van der Waals surface area contributed by atoms with Crippen molar-refractivity contribution in [3.05, 3.63) is 23.8 Å². The third-order valence-corrected chi connectivity index (χ3v) is 4.89. The number of rotatable bonds is 6. The molecule has 2 aliphatic heterocycles. The first-order valence-electron chi connectivity index (χ1n) is 8.67. The highest BCUT2D eigenvalue weighted by Gasteiger charge is 2.45. The van der Waals surface area contributed by atoms with E-state index in [0.29, 0.717) is 19.0 Å². The van der Waals surface area contributed by atoms with Crippen molar-refractivity contribution in [2.75, 3.05) is 26.9 Å². The zero-order chi connectivity index (χ0) is 17.0. The van der Waals surface area contributed by atoms with E-state index < -0.39 is 5.79 Å². The molecule has 1 spiro atoms. The van der Waals surface area contributed by atoms with Gasteiger partial charge in [-0.25, -0.2) is 0 Å². The third kappa shape index (κ3) is 3.83. The number of phenolic OH excluding ortho intramolecular Hbond substituents is 1. The van der Waals surface area contributed by atoms with Gasteiger partial charge in [-0.3, -0.25) is 0 Å². The maximum atomic E-state index is 10.1. The number of methoxy groups -OCH3 is 1. The van der Waals surface area contributed by atoms with Crippen LogP contribution in [-0.2, 0) is 9.47 Å². The van der Waals surface area contributed by atoms with Crippen LogP contribution < -0.4 is 10.1 Å². The van der Waals surface area contributed by atoms with Gasteiger partial charge in [0.1, 0.15) is 0 Å². The SMILES string of the molecule is COc1ccc([C@@H]2CC3(C[C@H](CCCCO)N2)OCCO3)cc1O. The summed E-state index contributed by atoms with van der Waals surface area (Å²) in [6, 6.07) is 5.81. The minimum atomic E-state index is -0.532. The molecule has 24 heavy (non-hydrogen) atoms. The second kappa shape index (κ2) is 7.70. The summed E-state index contributed by atoms with van der Waals surface area (Å²) in [6.07, 6.45) is 4.27. The zero-order valence-electron chi connectivity index (χ0n) is 14.2. The average Bonchev–Trinajstić information content (AvgIpc) is 3.02. The molecule has 0 unspecified atom stereocenters. The van der Waals surface area contributed by atoms with E-state index in [1.807, 2.05) is 6.07 Å². The van der Waals surface area contributed by atoms with Gasteiger partial charge in [-0.2, -0.15) is 0 Å². The molecule has 6 nitrogen and oxygen atoms in total. The topological polar surface area (TPSA) is 80.2 Å². The Bertz CT molecular complexity index is 544. The lowest BCUT2D eigenvalue weighted by Crippen LogP contribution is -2.50. The van der Waals surface area contributed by atoms with E-state index in [4.69, 9.17) is 19.3 Å². The maximum absolute atomic E-state index is 10.1. The second-order valence-electron chi connectivity index (χ2n) is 6.58. The van der Waals surface area contributed by atoms with Gasteiger partial charge >= 0.3 is 0 Å². The minimum Gasteiger partial charge on any atom is -0.504 e. The molecule has 0 aliphatic carbocycles. The Hall–Kier alpha value is -1.34. The maximum Gasteiger partial charge on any atom is 0.171 e. The molecule has 2 atom stereocenters. The van der Waals surface area contributed by atoms with Gasteiger partial charge < -0.3 is 29.7 Å². The van der Waals surface area contributed by atoms with Crippen LogP contribution in [0.25, 0.3) is 0 Å². The summed E-state index contributed by atoms with van der Waals surface area (Å²) in [7, 11) is 1.54. The van der Waals surface area contributed by atoms with Gasteiger partial charge in [0.05, 0.1) is 20.3 Å². The minimum absolute atomic E-state index is 0.0489. The summed E-state index contributed by atoms with van der Waals surface area (Å²) < 4.78 is 17.0. The molecule has 2 aliphatic rings. The Balaban J connectivity index is 1.76. The van der Waals surface area contributed by atoms with Gasteiger partial charge in [0.2, 0.25) is 0 Å². The largest absolute Gasteiger partial charge is 0.504 e. The van der Waals surface area contributed by atoms with Crippen LogP contribution in [0.15, 0.2) is 18.2 Å². The van der Waals surface area contributed by atoms with Gasteiger partial charge in [0.15, 0.2) is 17.3 Å². The Morgan fingerprint density at radius 1 is 1.25 bits per heavy atom. The van der Waals surface area contributed by atoms with Gasteiger partial charge in [-0.15, -0.1) is 0 Å². The second-order valence-corrected chi connectivity index (χ2v) is 6.58. The number of aromatic hydroxyl groups is 1. The fourth-order valence-electron chi connectivity index (χ4n) is 3.73. The molecular formula is C18H27NO5. The number of piperidine rings is 1. The molecule has 1 aromatic carbocycles. The lowest BCUT2D eigenvalue weighted by Gasteiger charge is -2.42. The van der Waals surface area contributed by atoms with E-state index >= 15 is 0 Å². The van der Waals surface area contributed by atoms with Crippen molar-refractivity contribution >= 4 is 0 Å². The first-order valence-corrected chi connectivity index (χ1v) is 8.67. The molecule has 6 heteroatoms. The number of nitrogens with one attached hydrogen (secondary N) is 1. The quantitative estimate of drug-likeness (QED) is 0.690. The number of hydrogen-bond donors (Lipinski definition) is 3. The Labute approximate surface area is 142 Å². The Morgan fingerprint density at radius 2 is 2.04 bits per heavy atom. The molecule has 2 fully saturated rings. The van der Waals surface area contributed by atoms with E-state index in [0.717, 1.165) is 37.7 Å². The molecule has 3 rings (SSSR count). The van der Waals surface area contributed by atoms with Crippen LogP contribution >= 0.6 is 0 Å². The first kappa shape index (κ1) is 17.5. The molecule has 0 saturated carbocycles. The summed E-state index contributed by atoms with van der Waals surface area (Å²) >= 11 is 0. The molecule has 2 saturated heterocycles. The standard InChI is InChI=1S/C18H27NO5/c1-22-17-6-5-13(10-16(17)21)15-12-18(23-8-9-24-18)11-14(19-15)4-2-3-7-20/h5-6,10,14-15,19-21H,2-4,7-9,11-12H2,1H3/t14-,15-/m0/s1. The summed E-state index contributed by atoms with van der Waals surface area (Å²) in [5, 5.41) is 22.7. The molecule has 0 aromatic heterocycles. The van der Waals surface area contributed by atoms with Crippen molar-refractivity contribution in [1.29, 1.82) is 0 Å². The fourth-order valence-corrected chi connectivity index (χ4v) is 3.73. The van der Waals surface area contributed by atoms with Crippen molar-refractivity contribution < 1.29 is 24.4 Å². The highest BCUT2D eigenvalue weighted by Crippen LogP contribution is 2.41. The fraction of sp³-hybridized carbons (Fsp3) is 0.667. The van der Waals surface area contributed by atoms with Crippen LogP contribution in [0.1, 0.15) is 43.7 Å². The highest BCUT2D eigenvalue weighted by molar-refractivity contribution is 5.42. The number of aliphatic hydroxyl groups is 1. The van der Waals surface area contributed by atoms with Gasteiger partial charge in [-0.1, -0.05) is 6.07 Å². The lowest BCUT2D eigenvalue weighted by atomic mass is 9.86. The van der Waals surface area contributed by atoms with Crippen LogP contribution in [0.4, 0.5) is 0 Å². The average molecular weight is 337 g/mol. The number of hydrogen-bond acceptors (Lipinski definition) is 6. The Kier molecular flexibility index (Phi) is 5.61. The summed E-state index contributed by atoms with van der Waals surface area (Å²) in [5.41, 5.74) is 0.999. The predicted octanol–water partition coefficient (Wildman–Crippen LogP) is 2.10. The number of benzene rings is 1. The van der Waals surface area contributed by atoms with E-state index in [1.165, 1.54) is 0 Å². The van der Waals surface area contributed by atoms with Crippen molar-refractivity contribution in [1.82, 2.24) is 5.32 Å².